The van der Waals surface area contributed by atoms with E-state index in [-0.39, 0.29) is 5.82 Å². The third kappa shape index (κ3) is 3.76. The van der Waals surface area contributed by atoms with Gasteiger partial charge in [0.05, 0.1) is 12.6 Å². The Morgan fingerprint density at radius 3 is 2.73 bits per heavy atom. The van der Waals surface area contributed by atoms with Crippen LogP contribution in [0.1, 0.15) is 16.7 Å². The van der Waals surface area contributed by atoms with Gasteiger partial charge in [0.15, 0.2) is 0 Å². The van der Waals surface area contributed by atoms with Crippen molar-refractivity contribution >= 4 is 46.2 Å². The second-order valence-corrected chi connectivity index (χ2v) is 6.77. The van der Waals surface area contributed by atoms with Gasteiger partial charge < -0.3 is 9.30 Å². The first-order valence-corrected chi connectivity index (χ1v) is 8.63. The largest absolute Gasteiger partial charge is 0.466 e. The molecule has 3 aromatic rings. The van der Waals surface area contributed by atoms with Crippen molar-refractivity contribution in [3.63, 3.8) is 0 Å². The smallest absolute Gasteiger partial charge is 0.330 e. The number of ether oxygens (including phenoxy) is 1. The number of carbonyl (C=O) groups is 1. The van der Waals surface area contributed by atoms with E-state index >= 15 is 0 Å². The number of aromatic nitrogens is 1. The number of hydrogen-bond acceptors (Lipinski definition) is 2. The lowest BCUT2D eigenvalue weighted by molar-refractivity contribution is -0.134. The topological polar surface area (TPSA) is 31.2 Å². The van der Waals surface area contributed by atoms with E-state index in [1.54, 1.807) is 18.2 Å². The van der Waals surface area contributed by atoms with Gasteiger partial charge in [-0.15, -0.1) is 0 Å². The molecule has 26 heavy (non-hydrogen) atoms. The van der Waals surface area contributed by atoms with Crippen molar-refractivity contribution in [3.05, 3.63) is 75.2 Å². The molecule has 0 unspecified atom stereocenters. The summed E-state index contributed by atoms with van der Waals surface area (Å²) in [6.45, 7) is 2.40. The summed E-state index contributed by atoms with van der Waals surface area (Å²) in [4.78, 5) is 11.4. The van der Waals surface area contributed by atoms with E-state index in [9.17, 15) is 9.18 Å². The third-order valence-electron chi connectivity index (χ3n) is 4.12. The number of esters is 1. The third-order valence-corrected chi connectivity index (χ3v) is 4.71. The fourth-order valence-electron chi connectivity index (χ4n) is 2.92. The van der Waals surface area contributed by atoms with Crippen LogP contribution in [0.4, 0.5) is 4.39 Å². The summed E-state index contributed by atoms with van der Waals surface area (Å²) in [5.41, 5.74) is 3.22. The highest BCUT2D eigenvalue weighted by Crippen LogP contribution is 2.29. The van der Waals surface area contributed by atoms with Crippen LogP contribution in [0.25, 0.3) is 17.0 Å². The Balaban J connectivity index is 2.13. The molecule has 3 rings (SSSR count). The number of halogens is 3. The molecule has 134 valence electrons. The Bertz CT molecular complexity index is 1020. The molecule has 0 spiro atoms. The highest BCUT2D eigenvalue weighted by molar-refractivity contribution is 6.35. The predicted octanol–water partition coefficient (Wildman–Crippen LogP) is 5.63. The fourth-order valence-corrected chi connectivity index (χ4v) is 3.39. The summed E-state index contributed by atoms with van der Waals surface area (Å²) in [5, 5.41) is 1.90. The fraction of sp³-hybridized carbons (Fsp3) is 0.150. The number of fused-ring (bicyclic) bond motifs is 1. The summed E-state index contributed by atoms with van der Waals surface area (Å²) in [7, 11) is 1.29. The Hall–Kier alpha value is -2.30. The summed E-state index contributed by atoms with van der Waals surface area (Å²) in [5.74, 6) is -0.870. The van der Waals surface area contributed by atoms with Crippen LogP contribution in [0.5, 0.6) is 0 Å². The van der Waals surface area contributed by atoms with E-state index < -0.39 is 5.97 Å². The molecule has 0 N–H and O–H groups in total. The van der Waals surface area contributed by atoms with Crippen molar-refractivity contribution < 1.29 is 13.9 Å². The molecule has 0 aliphatic carbocycles. The molecule has 6 heteroatoms. The van der Waals surface area contributed by atoms with E-state index in [2.05, 4.69) is 4.74 Å². The molecule has 0 aliphatic heterocycles. The van der Waals surface area contributed by atoms with Crippen molar-refractivity contribution in [2.24, 2.45) is 0 Å². The molecule has 0 saturated heterocycles. The van der Waals surface area contributed by atoms with Crippen molar-refractivity contribution in [3.8, 4) is 0 Å². The number of methoxy groups -OCH3 is 1. The van der Waals surface area contributed by atoms with E-state index in [1.807, 2.05) is 23.8 Å². The molecule has 0 aliphatic rings. The zero-order valence-corrected chi connectivity index (χ0v) is 15.7. The molecule has 2 aromatic carbocycles. The minimum atomic E-state index is -0.502. The van der Waals surface area contributed by atoms with Gasteiger partial charge in [0.2, 0.25) is 0 Å². The lowest BCUT2D eigenvalue weighted by Gasteiger charge is -2.10. The highest BCUT2D eigenvalue weighted by Gasteiger charge is 2.13. The van der Waals surface area contributed by atoms with Gasteiger partial charge in [-0.05, 0) is 48.4 Å². The zero-order valence-electron chi connectivity index (χ0n) is 14.2. The van der Waals surface area contributed by atoms with Gasteiger partial charge in [-0.3, -0.25) is 0 Å². The lowest BCUT2D eigenvalue weighted by atomic mass is 10.1. The number of rotatable bonds is 4. The van der Waals surface area contributed by atoms with Gasteiger partial charge in [0.1, 0.15) is 5.82 Å². The molecule has 3 nitrogen and oxygen atoms in total. The van der Waals surface area contributed by atoms with Crippen LogP contribution in [0.2, 0.25) is 10.0 Å². The predicted molar refractivity (Wildman–Crippen MR) is 103 cm³/mol. The van der Waals surface area contributed by atoms with Crippen LogP contribution in [0, 0.1) is 12.7 Å². The van der Waals surface area contributed by atoms with Gasteiger partial charge in [-0.2, -0.15) is 0 Å². The maximum absolute atomic E-state index is 14.0. The standard InChI is InChI=1S/C20H16Cl2FNO2/c1-12-10-24(11-14-3-5-15(21)8-18(14)22)20-13(4-6-19(25)26-2)7-16(23)9-17(12)20/h3-10H,11H2,1-2H3/b6-4+. The normalized spacial score (nSPS) is 11.4. The Labute approximate surface area is 160 Å². The van der Waals surface area contributed by atoms with Crippen LogP contribution in [0.3, 0.4) is 0 Å². The molecular weight excluding hydrogens is 376 g/mol. The number of aryl methyl sites for hydroxylation is 1. The molecule has 0 saturated carbocycles. The van der Waals surface area contributed by atoms with Crippen LogP contribution in [-0.4, -0.2) is 17.6 Å². The lowest BCUT2D eigenvalue weighted by Crippen LogP contribution is -2.00. The maximum atomic E-state index is 14.0. The number of carbonyl (C=O) groups excluding carboxylic acids is 1. The summed E-state index contributed by atoms with van der Waals surface area (Å²) >= 11 is 12.3. The Morgan fingerprint density at radius 2 is 2.04 bits per heavy atom. The average molecular weight is 392 g/mol. The molecule has 0 radical (unpaired) electrons. The molecule has 0 fully saturated rings. The van der Waals surface area contributed by atoms with E-state index in [0.29, 0.717) is 22.2 Å². The first-order valence-electron chi connectivity index (χ1n) is 7.88. The van der Waals surface area contributed by atoms with Crippen LogP contribution < -0.4 is 0 Å². The van der Waals surface area contributed by atoms with Crippen LogP contribution in [0.15, 0.2) is 42.6 Å². The molecule has 1 aromatic heterocycles. The summed E-state index contributed by atoms with van der Waals surface area (Å²) in [6.07, 6.45) is 4.76. The molecule has 0 amide bonds. The zero-order chi connectivity index (χ0) is 18.8. The summed E-state index contributed by atoms with van der Waals surface area (Å²) in [6, 6.07) is 8.20. The van der Waals surface area contributed by atoms with Gasteiger partial charge in [0, 0.05) is 39.8 Å². The Kier molecular flexibility index (Phi) is 5.35. The van der Waals surface area contributed by atoms with Crippen LogP contribution >= 0.6 is 23.2 Å². The second-order valence-electron chi connectivity index (χ2n) is 5.92. The van der Waals surface area contributed by atoms with Crippen molar-refractivity contribution in [2.45, 2.75) is 13.5 Å². The number of benzene rings is 2. The summed E-state index contributed by atoms with van der Waals surface area (Å²) < 4.78 is 20.6. The van der Waals surface area contributed by atoms with Gasteiger partial charge in [0.25, 0.3) is 0 Å². The Morgan fingerprint density at radius 1 is 1.27 bits per heavy atom. The minimum Gasteiger partial charge on any atom is -0.466 e. The quantitative estimate of drug-likeness (QED) is 0.426. The monoisotopic (exact) mass is 391 g/mol. The number of hydrogen-bond donors (Lipinski definition) is 0. The second kappa shape index (κ2) is 7.52. The average Bonchev–Trinajstić information content (AvgIpc) is 2.90. The van der Waals surface area contributed by atoms with Crippen LogP contribution in [-0.2, 0) is 16.1 Å². The molecular formula is C20H16Cl2FNO2. The molecule has 1 heterocycles. The first kappa shape index (κ1) is 18.5. The van der Waals surface area contributed by atoms with E-state index in [4.69, 9.17) is 23.2 Å². The molecule has 0 atom stereocenters. The van der Waals surface area contributed by atoms with Crippen molar-refractivity contribution in [1.82, 2.24) is 4.57 Å². The van der Waals surface area contributed by atoms with E-state index in [1.165, 1.54) is 25.3 Å². The first-order chi connectivity index (χ1) is 12.4. The van der Waals surface area contributed by atoms with Crippen molar-refractivity contribution in [2.75, 3.05) is 7.11 Å². The van der Waals surface area contributed by atoms with Crippen molar-refractivity contribution in [1.29, 1.82) is 0 Å². The van der Waals surface area contributed by atoms with E-state index in [0.717, 1.165) is 22.0 Å². The van der Waals surface area contributed by atoms with Gasteiger partial charge in [-0.1, -0.05) is 29.3 Å². The van der Waals surface area contributed by atoms with Gasteiger partial charge in [-0.25, -0.2) is 9.18 Å². The minimum absolute atomic E-state index is 0.368. The molecule has 0 bridgehead atoms. The highest BCUT2D eigenvalue weighted by atomic mass is 35.5. The SMILES string of the molecule is COC(=O)/C=C/c1cc(F)cc2c(C)cn(Cc3ccc(Cl)cc3Cl)c12. The van der Waals surface area contributed by atoms with Gasteiger partial charge >= 0.3 is 5.97 Å². The number of nitrogens with zero attached hydrogens (tertiary/aromatic N) is 1. The maximum Gasteiger partial charge on any atom is 0.330 e.